The smallest absolute Gasteiger partial charge is 0.338 e. The number of aryl methyl sites for hydroxylation is 3. The fourth-order valence-corrected chi connectivity index (χ4v) is 3.84. The number of hydrogen-bond acceptors (Lipinski definition) is 6. The van der Waals surface area contributed by atoms with Gasteiger partial charge in [-0.25, -0.2) is 9.48 Å². The Labute approximate surface area is 203 Å². The first-order valence-electron chi connectivity index (χ1n) is 11.6. The molecule has 0 saturated heterocycles. The summed E-state index contributed by atoms with van der Waals surface area (Å²) in [4.78, 5) is 28.8. The molecule has 8 nitrogen and oxygen atoms in total. The summed E-state index contributed by atoms with van der Waals surface area (Å²) >= 11 is 0. The van der Waals surface area contributed by atoms with Crippen molar-refractivity contribution in [2.24, 2.45) is 0 Å². The van der Waals surface area contributed by atoms with Gasteiger partial charge in [0.25, 0.3) is 5.91 Å². The molecule has 2 aromatic carbocycles. The Morgan fingerprint density at radius 1 is 1.00 bits per heavy atom. The number of fused-ring (bicyclic) bond motifs is 1. The molecule has 0 saturated carbocycles. The maximum Gasteiger partial charge on any atom is 0.338 e. The first kappa shape index (κ1) is 23.9. The van der Waals surface area contributed by atoms with Crippen molar-refractivity contribution in [2.45, 2.75) is 34.1 Å². The number of esters is 1. The van der Waals surface area contributed by atoms with Crippen LogP contribution < -0.4 is 10.1 Å². The van der Waals surface area contributed by atoms with Crippen LogP contribution in [0.5, 0.6) is 5.88 Å². The van der Waals surface area contributed by atoms with Gasteiger partial charge in [-0.2, -0.15) is 10.1 Å². The monoisotopic (exact) mass is 472 g/mol. The van der Waals surface area contributed by atoms with Gasteiger partial charge in [0, 0.05) is 17.1 Å². The first-order chi connectivity index (χ1) is 16.9. The summed E-state index contributed by atoms with van der Waals surface area (Å²) in [5.74, 6) is -0.399. The molecule has 1 N–H and O–H groups in total. The number of pyridine rings is 1. The van der Waals surface area contributed by atoms with Gasteiger partial charge in [-0.15, -0.1) is 0 Å². The van der Waals surface area contributed by atoms with Gasteiger partial charge in [0.05, 0.1) is 23.6 Å². The number of rotatable bonds is 8. The van der Waals surface area contributed by atoms with Crippen LogP contribution in [0.1, 0.15) is 41.0 Å². The number of benzene rings is 2. The molecule has 4 rings (SSSR count). The molecular weight excluding hydrogens is 444 g/mol. The quantitative estimate of drug-likeness (QED) is 0.370. The van der Waals surface area contributed by atoms with Crippen molar-refractivity contribution in [2.75, 3.05) is 18.5 Å². The highest BCUT2D eigenvalue weighted by molar-refractivity contribution is 5.93. The van der Waals surface area contributed by atoms with Gasteiger partial charge in [-0.1, -0.05) is 19.1 Å². The van der Waals surface area contributed by atoms with E-state index in [1.807, 2.05) is 32.0 Å². The minimum atomic E-state index is -0.402. The summed E-state index contributed by atoms with van der Waals surface area (Å²) < 4.78 is 12.5. The number of anilines is 1. The predicted octanol–water partition coefficient (Wildman–Crippen LogP) is 4.79. The highest BCUT2D eigenvalue weighted by atomic mass is 16.5. The van der Waals surface area contributed by atoms with Crippen molar-refractivity contribution in [1.82, 2.24) is 14.8 Å². The van der Waals surface area contributed by atoms with E-state index in [9.17, 15) is 9.59 Å². The predicted molar refractivity (Wildman–Crippen MR) is 134 cm³/mol. The maximum atomic E-state index is 12.4. The summed E-state index contributed by atoms with van der Waals surface area (Å²) in [6.07, 6.45) is 0.964. The topological polar surface area (TPSA) is 95.3 Å². The SMILES string of the molecule is CCOC(=O)c1ccc(NC(=O)COc2cc(C)c3c(C)nn(-c4ccc(CC)cc4)c3n2)cc1. The summed E-state index contributed by atoms with van der Waals surface area (Å²) in [6.45, 7) is 7.89. The minimum absolute atomic E-state index is 0.212. The molecule has 0 unspecified atom stereocenters. The number of nitrogens with zero attached hydrogens (tertiary/aromatic N) is 3. The number of amides is 1. The lowest BCUT2D eigenvalue weighted by Crippen LogP contribution is -2.20. The zero-order chi connectivity index (χ0) is 24.9. The number of carbonyl (C=O) groups excluding carboxylic acids is 2. The number of ether oxygens (including phenoxy) is 2. The molecule has 1 amide bonds. The van der Waals surface area contributed by atoms with Gasteiger partial charge in [-0.05, 0) is 74.7 Å². The van der Waals surface area contributed by atoms with Gasteiger partial charge < -0.3 is 14.8 Å². The van der Waals surface area contributed by atoms with Crippen molar-refractivity contribution in [1.29, 1.82) is 0 Å². The molecule has 8 heteroatoms. The number of hydrogen-bond donors (Lipinski definition) is 1. The van der Waals surface area contributed by atoms with E-state index in [2.05, 4.69) is 34.5 Å². The Balaban J connectivity index is 1.48. The summed E-state index contributed by atoms with van der Waals surface area (Å²) in [5, 5.41) is 8.40. The number of carbonyl (C=O) groups is 2. The van der Waals surface area contributed by atoms with Crippen LogP contribution >= 0.6 is 0 Å². The molecule has 0 fully saturated rings. The van der Waals surface area contributed by atoms with Crippen molar-refractivity contribution < 1.29 is 19.1 Å². The standard InChI is InChI=1S/C27H28N4O4/c1-5-19-7-13-22(14-8-19)31-26-25(18(4)30-31)17(3)15-24(29-26)35-16-23(32)28-21-11-9-20(10-12-21)27(33)34-6-2/h7-15H,5-6,16H2,1-4H3,(H,28,32). The van der Waals surface area contributed by atoms with E-state index >= 15 is 0 Å². The Morgan fingerprint density at radius 2 is 1.71 bits per heavy atom. The largest absolute Gasteiger partial charge is 0.467 e. The molecule has 0 aliphatic carbocycles. The number of aromatic nitrogens is 3. The summed E-state index contributed by atoms with van der Waals surface area (Å²) in [6, 6.07) is 16.5. The Bertz CT molecular complexity index is 1360. The van der Waals surface area contributed by atoms with Crippen LogP contribution in [0.2, 0.25) is 0 Å². The molecule has 180 valence electrons. The van der Waals surface area contributed by atoms with Crippen LogP contribution in [0.25, 0.3) is 16.7 Å². The van der Waals surface area contributed by atoms with E-state index in [4.69, 9.17) is 9.47 Å². The highest BCUT2D eigenvalue weighted by Gasteiger charge is 2.16. The van der Waals surface area contributed by atoms with Crippen LogP contribution in [-0.2, 0) is 16.0 Å². The second-order valence-electron chi connectivity index (χ2n) is 8.13. The Morgan fingerprint density at radius 3 is 2.37 bits per heavy atom. The Hall–Kier alpha value is -4.20. The lowest BCUT2D eigenvalue weighted by atomic mass is 10.1. The second kappa shape index (κ2) is 10.4. The van der Waals surface area contributed by atoms with E-state index in [1.54, 1.807) is 35.9 Å². The third-order valence-corrected chi connectivity index (χ3v) is 5.61. The molecule has 4 aromatic rings. The zero-order valence-corrected chi connectivity index (χ0v) is 20.3. The van der Waals surface area contributed by atoms with Gasteiger partial charge in [0.2, 0.25) is 5.88 Å². The molecule has 35 heavy (non-hydrogen) atoms. The third kappa shape index (κ3) is 5.32. The van der Waals surface area contributed by atoms with E-state index in [0.29, 0.717) is 29.4 Å². The molecule has 2 heterocycles. The van der Waals surface area contributed by atoms with E-state index in [1.165, 1.54) is 5.56 Å². The average Bonchev–Trinajstić information content (AvgIpc) is 3.20. The normalized spacial score (nSPS) is 10.9. The van der Waals surface area contributed by atoms with Crippen LogP contribution in [0.15, 0.2) is 54.6 Å². The minimum Gasteiger partial charge on any atom is -0.467 e. The zero-order valence-electron chi connectivity index (χ0n) is 20.3. The molecule has 0 atom stereocenters. The first-order valence-corrected chi connectivity index (χ1v) is 11.6. The van der Waals surface area contributed by atoms with Gasteiger partial charge in [0.1, 0.15) is 0 Å². The fraction of sp³-hybridized carbons (Fsp3) is 0.259. The highest BCUT2D eigenvalue weighted by Crippen LogP contribution is 2.27. The van der Waals surface area contributed by atoms with Crippen LogP contribution in [0.4, 0.5) is 5.69 Å². The summed E-state index contributed by atoms with van der Waals surface area (Å²) in [7, 11) is 0. The van der Waals surface area contributed by atoms with Crippen LogP contribution in [0.3, 0.4) is 0 Å². The lowest BCUT2D eigenvalue weighted by Gasteiger charge is -2.10. The Kier molecular flexibility index (Phi) is 7.10. The molecule has 0 aliphatic heterocycles. The van der Waals surface area contributed by atoms with Gasteiger partial charge in [0.15, 0.2) is 12.3 Å². The fourth-order valence-electron chi connectivity index (χ4n) is 3.84. The van der Waals surface area contributed by atoms with Gasteiger partial charge in [-0.3, -0.25) is 4.79 Å². The van der Waals surface area contributed by atoms with Gasteiger partial charge >= 0.3 is 5.97 Å². The lowest BCUT2D eigenvalue weighted by molar-refractivity contribution is -0.118. The van der Waals surface area contributed by atoms with E-state index in [0.717, 1.165) is 28.8 Å². The molecule has 0 aliphatic rings. The van der Waals surface area contributed by atoms with Crippen molar-refractivity contribution in [3.8, 4) is 11.6 Å². The van der Waals surface area contributed by atoms with Crippen molar-refractivity contribution in [3.63, 3.8) is 0 Å². The number of nitrogens with one attached hydrogen (secondary N) is 1. The second-order valence-corrected chi connectivity index (χ2v) is 8.13. The molecule has 0 spiro atoms. The molecule has 0 radical (unpaired) electrons. The van der Waals surface area contributed by atoms with Crippen LogP contribution in [-0.4, -0.2) is 39.9 Å². The maximum absolute atomic E-state index is 12.4. The summed E-state index contributed by atoms with van der Waals surface area (Å²) in [5.41, 5.74) is 5.65. The molecular formula is C27H28N4O4. The molecule has 0 bridgehead atoms. The van der Waals surface area contributed by atoms with Crippen molar-refractivity contribution in [3.05, 3.63) is 77.0 Å². The van der Waals surface area contributed by atoms with Crippen LogP contribution in [0, 0.1) is 13.8 Å². The van der Waals surface area contributed by atoms with Crippen molar-refractivity contribution >= 4 is 28.6 Å². The van der Waals surface area contributed by atoms with E-state index < -0.39 is 5.97 Å². The van der Waals surface area contributed by atoms with E-state index in [-0.39, 0.29) is 12.5 Å². The third-order valence-electron chi connectivity index (χ3n) is 5.61. The average molecular weight is 473 g/mol. The molecule has 2 aromatic heterocycles.